The second-order valence-electron chi connectivity index (χ2n) is 6.23. The number of nitrogens with one attached hydrogen (secondary N) is 1. The van der Waals surface area contributed by atoms with Crippen LogP contribution < -0.4 is 5.32 Å². The lowest BCUT2D eigenvalue weighted by atomic mass is 9.97. The highest BCUT2D eigenvalue weighted by Crippen LogP contribution is 2.20. The van der Waals surface area contributed by atoms with Crippen LogP contribution in [0.3, 0.4) is 0 Å². The van der Waals surface area contributed by atoms with Crippen LogP contribution in [0.15, 0.2) is 40.4 Å². The van der Waals surface area contributed by atoms with Crippen LogP contribution in [-0.2, 0) is 11.2 Å². The molecule has 25 heavy (non-hydrogen) atoms. The highest BCUT2D eigenvalue weighted by molar-refractivity contribution is 6.30. The quantitative estimate of drug-likeness (QED) is 0.747. The number of carbonyl (C=O) groups excluding carboxylic acids is 1. The summed E-state index contributed by atoms with van der Waals surface area (Å²) in [6.07, 6.45) is 8.94. The second kappa shape index (κ2) is 8.81. The average Bonchev–Trinajstić information content (AvgIpc) is 3.10. The SMILES string of the molecule is O=C(CCc1nc(-c2cccc(Cl)c2)no1)NCCC1=CCCCC1. The van der Waals surface area contributed by atoms with E-state index in [1.54, 1.807) is 12.1 Å². The lowest BCUT2D eigenvalue weighted by molar-refractivity contribution is -0.121. The Labute approximate surface area is 152 Å². The Kier molecular flexibility index (Phi) is 6.23. The van der Waals surface area contributed by atoms with Gasteiger partial charge in [0.2, 0.25) is 17.6 Å². The van der Waals surface area contributed by atoms with E-state index in [0.717, 1.165) is 12.0 Å². The maximum Gasteiger partial charge on any atom is 0.227 e. The standard InChI is InChI=1S/C19H22ClN3O2/c20-16-8-4-7-15(13-16)19-22-18(25-23-19)10-9-17(24)21-12-11-14-5-2-1-3-6-14/h4-5,7-8,13H,1-3,6,9-12H2,(H,21,24). The molecule has 2 aromatic rings. The number of aromatic nitrogens is 2. The molecule has 1 aliphatic carbocycles. The van der Waals surface area contributed by atoms with Gasteiger partial charge in [0.25, 0.3) is 0 Å². The van der Waals surface area contributed by atoms with Gasteiger partial charge in [-0.15, -0.1) is 0 Å². The van der Waals surface area contributed by atoms with Gasteiger partial charge in [-0.05, 0) is 44.2 Å². The fourth-order valence-electron chi connectivity index (χ4n) is 2.90. The molecule has 1 N–H and O–H groups in total. The average molecular weight is 360 g/mol. The van der Waals surface area contributed by atoms with Crippen LogP contribution in [0.2, 0.25) is 5.02 Å². The summed E-state index contributed by atoms with van der Waals surface area (Å²) in [5, 5.41) is 7.53. The van der Waals surface area contributed by atoms with E-state index in [-0.39, 0.29) is 5.91 Å². The molecule has 132 valence electrons. The molecule has 0 spiro atoms. The zero-order valence-corrected chi connectivity index (χ0v) is 14.9. The van der Waals surface area contributed by atoms with Crippen LogP contribution >= 0.6 is 11.6 Å². The van der Waals surface area contributed by atoms with E-state index in [0.29, 0.717) is 36.1 Å². The number of benzene rings is 1. The molecule has 0 unspecified atom stereocenters. The minimum atomic E-state index is 0.0129. The zero-order valence-electron chi connectivity index (χ0n) is 14.1. The van der Waals surface area contributed by atoms with Crippen molar-refractivity contribution >= 4 is 17.5 Å². The van der Waals surface area contributed by atoms with Crippen molar-refractivity contribution in [3.05, 3.63) is 46.8 Å². The first-order chi connectivity index (χ1) is 12.2. The van der Waals surface area contributed by atoms with E-state index in [1.165, 1.54) is 31.3 Å². The molecule has 0 atom stereocenters. The summed E-state index contributed by atoms with van der Waals surface area (Å²) in [6.45, 7) is 0.697. The third-order valence-electron chi connectivity index (χ3n) is 4.27. The molecule has 3 rings (SSSR count). The van der Waals surface area contributed by atoms with Crippen LogP contribution in [0.25, 0.3) is 11.4 Å². The summed E-state index contributed by atoms with van der Waals surface area (Å²) in [5.41, 5.74) is 2.27. The number of allylic oxidation sites excluding steroid dienone is 1. The third-order valence-corrected chi connectivity index (χ3v) is 4.51. The van der Waals surface area contributed by atoms with Crippen molar-refractivity contribution in [2.45, 2.75) is 44.9 Å². The topological polar surface area (TPSA) is 68.0 Å². The number of hydrogen-bond donors (Lipinski definition) is 1. The molecule has 1 aliphatic rings. The first-order valence-corrected chi connectivity index (χ1v) is 9.11. The van der Waals surface area contributed by atoms with Crippen LogP contribution in [0.4, 0.5) is 0 Å². The Morgan fingerprint density at radius 1 is 1.28 bits per heavy atom. The summed E-state index contributed by atoms with van der Waals surface area (Å²) in [7, 11) is 0. The molecule has 1 aromatic heterocycles. The van der Waals surface area contributed by atoms with E-state index in [9.17, 15) is 4.79 Å². The molecular formula is C19H22ClN3O2. The smallest absolute Gasteiger partial charge is 0.227 e. The molecule has 1 heterocycles. The lowest BCUT2D eigenvalue weighted by Crippen LogP contribution is -2.25. The summed E-state index contributed by atoms with van der Waals surface area (Å²) in [6, 6.07) is 7.28. The molecule has 0 bridgehead atoms. The van der Waals surface area contributed by atoms with Crippen molar-refractivity contribution in [1.29, 1.82) is 0 Å². The Morgan fingerprint density at radius 2 is 2.20 bits per heavy atom. The number of carbonyl (C=O) groups is 1. The first kappa shape index (κ1) is 17.7. The molecular weight excluding hydrogens is 338 g/mol. The van der Waals surface area contributed by atoms with Crippen LogP contribution in [-0.4, -0.2) is 22.6 Å². The molecule has 0 radical (unpaired) electrons. The van der Waals surface area contributed by atoms with Crippen molar-refractivity contribution < 1.29 is 9.32 Å². The summed E-state index contributed by atoms with van der Waals surface area (Å²) < 4.78 is 5.22. The highest BCUT2D eigenvalue weighted by Gasteiger charge is 2.11. The minimum Gasteiger partial charge on any atom is -0.356 e. The highest BCUT2D eigenvalue weighted by atomic mass is 35.5. The predicted octanol–water partition coefficient (Wildman–Crippen LogP) is 4.33. The van der Waals surface area contributed by atoms with Crippen molar-refractivity contribution in [2.75, 3.05) is 6.54 Å². The summed E-state index contributed by atoms with van der Waals surface area (Å²) in [4.78, 5) is 16.3. The van der Waals surface area contributed by atoms with E-state index >= 15 is 0 Å². The van der Waals surface area contributed by atoms with Gasteiger partial charge in [0.05, 0.1) is 0 Å². The van der Waals surface area contributed by atoms with Gasteiger partial charge in [-0.1, -0.05) is 40.5 Å². The second-order valence-corrected chi connectivity index (χ2v) is 6.67. The van der Waals surface area contributed by atoms with Gasteiger partial charge in [0, 0.05) is 30.0 Å². The molecule has 0 saturated carbocycles. The van der Waals surface area contributed by atoms with Crippen LogP contribution in [0, 0.1) is 0 Å². The zero-order chi connectivity index (χ0) is 17.5. The van der Waals surface area contributed by atoms with Gasteiger partial charge in [0.1, 0.15) is 0 Å². The molecule has 5 nitrogen and oxygen atoms in total. The van der Waals surface area contributed by atoms with Gasteiger partial charge in [-0.25, -0.2) is 0 Å². The van der Waals surface area contributed by atoms with E-state index < -0.39 is 0 Å². The van der Waals surface area contributed by atoms with Crippen LogP contribution in [0.1, 0.15) is 44.4 Å². The van der Waals surface area contributed by atoms with Gasteiger partial charge in [-0.3, -0.25) is 4.79 Å². The van der Waals surface area contributed by atoms with Gasteiger partial charge < -0.3 is 9.84 Å². The summed E-state index contributed by atoms with van der Waals surface area (Å²) >= 11 is 5.97. The van der Waals surface area contributed by atoms with E-state index in [2.05, 4.69) is 21.5 Å². The Morgan fingerprint density at radius 3 is 3.00 bits per heavy atom. The van der Waals surface area contributed by atoms with E-state index in [1.807, 2.05) is 12.1 Å². The van der Waals surface area contributed by atoms with Crippen molar-refractivity contribution in [3.63, 3.8) is 0 Å². The predicted molar refractivity (Wildman–Crippen MR) is 97.2 cm³/mol. The number of aryl methyl sites for hydroxylation is 1. The lowest BCUT2D eigenvalue weighted by Gasteiger charge is -2.12. The fraction of sp³-hybridized carbons (Fsp3) is 0.421. The van der Waals surface area contributed by atoms with Crippen molar-refractivity contribution in [3.8, 4) is 11.4 Å². The normalized spacial score (nSPS) is 14.2. The number of rotatable bonds is 7. The molecule has 0 aliphatic heterocycles. The maximum atomic E-state index is 11.9. The molecule has 6 heteroatoms. The molecule has 0 fully saturated rings. The number of halogens is 1. The number of amides is 1. The Bertz CT molecular complexity index is 755. The van der Waals surface area contributed by atoms with Crippen molar-refractivity contribution in [2.24, 2.45) is 0 Å². The van der Waals surface area contributed by atoms with Gasteiger partial charge in [0.15, 0.2) is 0 Å². The molecule has 1 aromatic carbocycles. The molecule has 1 amide bonds. The third kappa shape index (κ3) is 5.43. The Balaban J connectivity index is 1.42. The van der Waals surface area contributed by atoms with Gasteiger partial charge in [-0.2, -0.15) is 4.98 Å². The number of nitrogens with zero attached hydrogens (tertiary/aromatic N) is 2. The largest absolute Gasteiger partial charge is 0.356 e. The van der Waals surface area contributed by atoms with Crippen LogP contribution in [0.5, 0.6) is 0 Å². The maximum absolute atomic E-state index is 11.9. The first-order valence-electron chi connectivity index (χ1n) is 8.74. The number of hydrogen-bond acceptors (Lipinski definition) is 4. The van der Waals surface area contributed by atoms with E-state index in [4.69, 9.17) is 16.1 Å². The fourth-order valence-corrected chi connectivity index (χ4v) is 3.09. The molecule has 0 saturated heterocycles. The van der Waals surface area contributed by atoms with Gasteiger partial charge >= 0.3 is 0 Å². The minimum absolute atomic E-state index is 0.0129. The monoisotopic (exact) mass is 359 g/mol. The van der Waals surface area contributed by atoms with Crippen molar-refractivity contribution in [1.82, 2.24) is 15.5 Å². The summed E-state index contributed by atoms with van der Waals surface area (Å²) in [5.74, 6) is 0.959. The Hall–Kier alpha value is -2.14.